The molecule has 2 atom stereocenters. The second-order valence-electron chi connectivity index (χ2n) is 7.74. The van der Waals surface area contributed by atoms with E-state index < -0.39 is 29.9 Å². The average Bonchev–Trinajstić information content (AvgIpc) is 3.01. The van der Waals surface area contributed by atoms with Gasteiger partial charge in [-0.3, -0.25) is 0 Å². The van der Waals surface area contributed by atoms with Crippen LogP contribution >= 0.6 is 0 Å². The number of aliphatic hydroxyl groups excluding tert-OH is 1. The lowest BCUT2D eigenvalue weighted by atomic mass is 10.2. The number of ether oxygens (including phenoxy) is 3. The number of amides is 2. The standard InChI is InChI=1S/C11H19NO5.C7H13NO4/c1-11(2,3)17-10(15)12-5-4-6-16-8(7-12)9(13)14;9-5-6-4-8(7(10)11)2-1-3-12-6/h8H,4-7H2,1-3H3,(H,13,14);6,9H,1-5H2,(H,10,11)/t8-;6-/m00/s1. The van der Waals surface area contributed by atoms with Gasteiger partial charge >= 0.3 is 18.2 Å². The Kier molecular flexibility index (Phi) is 10.1. The molecule has 0 aromatic heterocycles. The molecule has 2 aliphatic heterocycles. The third kappa shape index (κ3) is 9.77. The largest absolute Gasteiger partial charge is 0.479 e. The first-order valence-electron chi connectivity index (χ1n) is 9.56. The summed E-state index contributed by atoms with van der Waals surface area (Å²) in [7, 11) is 0. The van der Waals surface area contributed by atoms with Crippen LogP contribution in [0.1, 0.15) is 33.6 Å². The van der Waals surface area contributed by atoms with E-state index in [9.17, 15) is 14.4 Å². The summed E-state index contributed by atoms with van der Waals surface area (Å²) in [4.78, 5) is 35.9. The molecule has 3 N–H and O–H groups in total. The maximum atomic E-state index is 11.8. The van der Waals surface area contributed by atoms with Crippen LogP contribution in [0, 0.1) is 0 Å². The minimum absolute atomic E-state index is 0.0320. The Morgan fingerprint density at radius 3 is 2.10 bits per heavy atom. The zero-order chi connectivity index (χ0) is 22.0. The van der Waals surface area contributed by atoms with Crippen molar-refractivity contribution in [2.75, 3.05) is 46.0 Å². The molecule has 0 spiro atoms. The molecule has 2 fully saturated rings. The van der Waals surface area contributed by atoms with Crippen molar-refractivity contribution in [3.8, 4) is 0 Å². The molecule has 2 heterocycles. The van der Waals surface area contributed by atoms with Crippen LogP contribution in [-0.4, -0.2) is 107 Å². The predicted octanol–water partition coefficient (Wildman–Crippen LogP) is 0.845. The number of rotatable bonds is 2. The van der Waals surface area contributed by atoms with E-state index in [4.69, 9.17) is 29.5 Å². The number of carboxylic acids is 1. The van der Waals surface area contributed by atoms with E-state index in [0.29, 0.717) is 39.1 Å². The summed E-state index contributed by atoms with van der Waals surface area (Å²) in [5.74, 6) is -1.06. The first-order chi connectivity index (χ1) is 13.5. The quantitative estimate of drug-likeness (QED) is 0.591. The molecular weight excluding hydrogens is 388 g/mol. The van der Waals surface area contributed by atoms with Gasteiger partial charge in [0.05, 0.1) is 25.8 Å². The van der Waals surface area contributed by atoms with Crippen molar-refractivity contribution in [1.82, 2.24) is 9.80 Å². The van der Waals surface area contributed by atoms with Crippen LogP contribution in [-0.2, 0) is 19.0 Å². The molecule has 0 radical (unpaired) electrons. The third-order valence-electron chi connectivity index (χ3n) is 4.03. The van der Waals surface area contributed by atoms with Crippen molar-refractivity contribution in [3.05, 3.63) is 0 Å². The van der Waals surface area contributed by atoms with Crippen molar-refractivity contribution in [3.63, 3.8) is 0 Å². The summed E-state index contributed by atoms with van der Waals surface area (Å²) in [6, 6.07) is 0. The number of carbonyl (C=O) groups is 3. The van der Waals surface area contributed by atoms with Gasteiger partial charge in [-0.1, -0.05) is 0 Å². The summed E-state index contributed by atoms with van der Waals surface area (Å²) < 4.78 is 15.5. The number of nitrogens with zero attached hydrogens (tertiary/aromatic N) is 2. The molecular formula is C18H32N2O9. The van der Waals surface area contributed by atoms with Crippen molar-refractivity contribution < 1.29 is 43.9 Å². The van der Waals surface area contributed by atoms with Gasteiger partial charge in [0.25, 0.3) is 0 Å². The lowest BCUT2D eigenvalue weighted by Gasteiger charge is -2.27. The normalized spacial score (nSPS) is 23.2. The van der Waals surface area contributed by atoms with E-state index in [-0.39, 0.29) is 25.8 Å². The number of carboxylic acid groups (broad SMARTS) is 2. The number of carbonyl (C=O) groups excluding carboxylic acids is 1. The van der Waals surface area contributed by atoms with Gasteiger partial charge in [-0.15, -0.1) is 0 Å². The molecule has 2 saturated heterocycles. The number of hydrogen-bond acceptors (Lipinski definition) is 7. The highest BCUT2D eigenvalue weighted by atomic mass is 16.6. The van der Waals surface area contributed by atoms with Gasteiger partial charge in [0.15, 0.2) is 6.10 Å². The highest BCUT2D eigenvalue weighted by Crippen LogP contribution is 2.13. The van der Waals surface area contributed by atoms with E-state index in [1.165, 1.54) is 9.80 Å². The topological polar surface area (TPSA) is 146 Å². The number of aliphatic carboxylic acids is 1. The Morgan fingerprint density at radius 1 is 1.00 bits per heavy atom. The Bertz CT molecular complexity index is 550. The van der Waals surface area contributed by atoms with Gasteiger partial charge in [-0.05, 0) is 33.6 Å². The second kappa shape index (κ2) is 11.8. The monoisotopic (exact) mass is 420 g/mol. The summed E-state index contributed by atoms with van der Waals surface area (Å²) in [6.07, 6.45) is -1.45. The van der Waals surface area contributed by atoms with Crippen molar-refractivity contribution in [2.24, 2.45) is 0 Å². The molecule has 0 aromatic rings. The Hall–Kier alpha value is -2.11. The van der Waals surface area contributed by atoms with Crippen LogP contribution in [0.3, 0.4) is 0 Å². The van der Waals surface area contributed by atoms with Crippen LogP contribution in [0.4, 0.5) is 9.59 Å². The molecule has 2 rings (SSSR count). The van der Waals surface area contributed by atoms with E-state index in [1.807, 2.05) is 0 Å². The first kappa shape index (κ1) is 24.9. The van der Waals surface area contributed by atoms with E-state index in [0.717, 1.165) is 0 Å². The summed E-state index contributed by atoms with van der Waals surface area (Å²) in [5, 5.41) is 26.3. The van der Waals surface area contributed by atoms with E-state index >= 15 is 0 Å². The van der Waals surface area contributed by atoms with Crippen molar-refractivity contribution in [1.29, 1.82) is 0 Å². The molecule has 0 aliphatic carbocycles. The van der Waals surface area contributed by atoms with Crippen LogP contribution < -0.4 is 0 Å². The minimum Gasteiger partial charge on any atom is -0.479 e. The van der Waals surface area contributed by atoms with Gasteiger partial charge in [-0.2, -0.15) is 0 Å². The SMILES string of the molecule is CC(C)(C)OC(=O)N1CCCO[C@H](C(=O)O)C1.O=C(O)N1CCCO[C@H](CO)C1. The molecule has 0 saturated carbocycles. The van der Waals surface area contributed by atoms with Crippen molar-refractivity contribution >= 4 is 18.2 Å². The van der Waals surface area contributed by atoms with Gasteiger partial charge in [0.1, 0.15) is 5.60 Å². The smallest absolute Gasteiger partial charge is 0.410 e. The molecule has 29 heavy (non-hydrogen) atoms. The Morgan fingerprint density at radius 2 is 1.59 bits per heavy atom. The fourth-order valence-electron chi connectivity index (χ4n) is 2.65. The van der Waals surface area contributed by atoms with Gasteiger partial charge in [-0.25, -0.2) is 14.4 Å². The van der Waals surface area contributed by atoms with Gasteiger partial charge < -0.3 is 39.3 Å². The average molecular weight is 420 g/mol. The molecule has 11 heteroatoms. The van der Waals surface area contributed by atoms with Gasteiger partial charge in [0, 0.05) is 26.3 Å². The molecule has 0 bridgehead atoms. The maximum absolute atomic E-state index is 11.8. The Labute approximate surface area is 170 Å². The Balaban J connectivity index is 0.000000308. The summed E-state index contributed by atoms with van der Waals surface area (Å²) in [6.45, 7) is 7.31. The molecule has 0 aromatic carbocycles. The fraction of sp³-hybridized carbons (Fsp3) is 0.833. The highest BCUT2D eigenvalue weighted by molar-refractivity contribution is 5.74. The van der Waals surface area contributed by atoms with E-state index in [1.54, 1.807) is 20.8 Å². The lowest BCUT2D eigenvalue weighted by molar-refractivity contribution is -0.150. The highest BCUT2D eigenvalue weighted by Gasteiger charge is 2.30. The fourth-order valence-corrected chi connectivity index (χ4v) is 2.65. The molecule has 2 aliphatic rings. The first-order valence-corrected chi connectivity index (χ1v) is 9.56. The summed E-state index contributed by atoms with van der Waals surface area (Å²) in [5.41, 5.74) is -0.580. The number of hydrogen-bond donors (Lipinski definition) is 3. The second-order valence-corrected chi connectivity index (χ2v) is 7.74. The van der Waals surface area contributed by atoms with Crippen LogP contribution in [0.15, 0.2) is 0 Å². The number of aliphatic hydroxyl groups is 1. The predicted molar refractivity (Wildman–Crippen MR) is 101 cm³/mol. The maximum Gasteiger partial charge on any atom is 0.410 e. The van der Waals surface area contributed by atoms with Crippen molar-refractivity contribution in [2.45, 2.75) is 51.4 Å². The third-order valence-corrected chi connectivity index (χ3v) is 4.03. The van der Waals surface area contributed by atoms with Gasteiger partial charge in [0.2, 0.25) is 0 Å². The zero-order valence-corrected chi connectivity index (χ0v) is 17.2. The molecule has 11 nitrogen and oxygen atoms in total. The van der Waals surface area contributed by atoms with Crippen LogP contribution in [0.25, 0.3) is 0 Å². The lowest BCUT2D eigenvalue weighted by Crippen LogP contribution is -2.42. The van der Waals surface area contributed by atoms with Crippen LogP contribution in [0.5, 0.6) is 0 Å². The summed E-state index contributed by atoms with van der Waals surface area (Å²) >= 11 is 0. The zero-order valence-electron chi connectivity index (χ0n) is 17.2. The van der Waals surface area contributed by atoms with E-state index in [2.05, 4.69) is 0 Å². The molecule has 168 valence electrons. The molecule has 0 unspecified atom stereocenters. The minimum atomic E-state index is -1.06. The molecule has 2 amide bonds. The van der Waals surface area contributed by atoms with Crippen LogP contribution in [0.2, 0.25) is 0 Å².